The lowest BCUT2D eigenvalue weighted by Crippen LogP contribution is -2.25. The lowest BCUT2D eigenvalue weighted by atomic mass is 9.90. The minimum absolute atomic E-state index is 0.478. The van der Waals surface area contributed by atoms with Crippen molar-refractivity contribution in [3.8, 4) is 0 Å². The molecule has 0 saturated carbocycles. The summed E-state index contributed by atoms with van der Waals surface area (Å²) in [7, 11) is 0. The SMILES string of the molecule is CCCNC(CC1CCOC1)c1cc(C)ccc1C. The first-order valence-electron chi connectivity index (χ1n) is 7.59. The minimum atomic E-state index is 0.478. The average Bonchev–Trinajstić information content (AvgIpc) is 2.90. The smallest absolute Gasteiger partial charge is 0.0495 e. The summed E-state index contributed by atoms with van der Waals surface area (Å²) < 4.78 is 5.52. The molecule has 0 radical (unpaired) electrons. The summed E-state index contributed by atoms with van der Waals surface area (Å²) in [6, 6.07) is 7.27. The van der Waals surface area contributed by atoms with Gasteiger partial charge >= 0.3 is 0 Å². The Morgan fingerprint density at radius 3 is 2.89 bits per heavy atom. The summed E-state index contributed by atoms with van der Waals surface area (Å²) in [5.74, 6) is 0.717. The second kappa shape index (κ2) is 7.06. The fourth-order valence-electron chi connectivity index (χ4n) is 2.88. The van der Waals surface area contributed by atoms with Crippen LogP contribution in [0.4, 0.5) is 0 Å². The van der Waals surface area contributed by atoms with Crippen molar-refractivity contribution < 1.29 is 4.74 Å². The Bertz CT molecular complexity index is 396. The molecule has 1 aromatic carbocycles. The molecule has 0 aromatic heterocycles. The Kier molecular flexibility index (Phi) is 5.41. The third-order valence-corrected chi connectivity index (χ3v) is 4.04. The van der Waals surface area contributed by atoms with E-state index in [0.717, 1.165) is 19.8 Å². The van der Waals surface area contributed by atoms with Gasteiger partial charge in [-0.25, -0.2) is 0 Å². The van der Waals surface area contributed by atoms with E-state index in [2.05, 4.69) is 44.3 Å². The van der Waals surface area contributed by atoms with Crippen LogP contribution in [0.3, 0.4) is 0 Å². The number of hydrogen-bond acceptors (Lipinski definition) is 2. The van der Waals surface area contributed by atoms with E-state index in [1.54, 1.807) is 0 Å². The van der Waals surface area contributed by atoms with Gasteiger partial charge in [-0.2, -0.15) is 0 Å². The molecule has 1 saturated heterocycles. The van der Waals surface area contributed by atoms with Gasteiger partial charge in [0.1, 0.15) is 0 Å². The third kappa shape index (κ3) is 4.05. The normalized spacial score (nSPS) is 20.7. The highest BCUT2D eigenvalue weighted by molar-refractivity contribution is 5.33. The predicted molar refractivity (Wildman–Crippen MR) is 80.5 cm³/mol. The minimum Gasteiger partial charge on any atom is -0.381 e. The molecule has 1 heterocycles. The highest BCUT2D eigenvalue weighted by Gasteiger charge is 2.22. The van der Waals surface area contributed by atoms with Crippen molar-refractivity contribution in [1.29, 1.82) is 0 Å². The van der Waals surface area contributed by atoms with Crippen LogP contribution in [0, 0.1) is 19.8 Å². The zero-order valence-electron chi connectivity index (χ0n) is 12.5. The summed E-state index contributed by atoms with van der Waals surface area (Å²) in [6.45, 7) is 9.60. The molecule has 2 heteroatoms. The Balaban J connectivity index is 2.12. The van der Waals surface area contributed by atoms with E-state index in [9.17, 15) is 0 Å². The van der Waals surface area contributed by atoms with Gasteiger partial charge in [0.2, 0.25) is 0 Å². The molecule has 1 aliphatic heterocycles. The highest BCUT2D eigenvalue weighted by atomic mass is 16.5. The molecule has 1 fully saturated rings. The Morgan fingerprint density at radius 2 is 2.21 bits per heavy atom. The van der Waals surface area contributed by atoms with Crippen molar-refractivity contribution >= 4 is 0 Å². The number of nitrogens with one attached hydrogen (secondary N) is 1. The maximum atomic E-state index is 5.52. The Morgan fingerprint density at radius 1 is 1.37 bits per heavy atom. The van der Waals surface area contributed by atoms with Crippen molar-refractivity contribution in [3.05, 3.63) is 34.9 Å². The quantitative estimate of drug-likeness (QED) is 0.841. The van der Waals surface area contributed by atoms with Crippen molar-refractivity contribution in [3.63, 3.8) is 0 Å². The Labute approximate surface area is 117 Å². The molecule has 2 rings (SSSR count). The fraction of sp³-hybridized carbons (Fsp3) is 0.647. The van der Waals surface area contributed by atoms with Crippen LogP contribution in [0.1, 0.15) is 48.9 Å². The zero-order chi connectivity index (χ0) is 13.7. The van der Waals surface area contributed by atoms with Gasteiger partial charge < -0.3 is 10.1 Å². The molecule has 0 bridgehead atoms. The molecule has 1 N–H and O–H groups in total. The van der Waals surface area contributed by atoms with E-state index in [4.69, 9.17) is 4.74 Å². The van der Waals surface area contributed by atoms with Gasteiger partial charge in [-0.05, 0) is 56.7 Å². The molecule has 106 valence electrons. The molecule has 0 aliphatic carbocycles. The van der Waals surface area contributed by atoms with Crippen LogP contribution in [0.2, 0.25) is 0 Å². The summed E-state index contributed by atoms with van der Waals surface area (Å²) in [6.07, 6.45) is 3.60. The lowest BCUT2D eigenvalue weighted by Gasteiger charge is -2.24. The van der Waals surface area contributed by atoms with Gasteiger partial charge in [0.25, 0.3) is 0 Å². The summed E-state index contributed by atoms with van der Waals surface area (Å²) in [5, 5.41) is 3.73. The van der Waals surface area contributed by atoms with E-state index in [-0.39, 0.29) is 0 Å². The maximum absolute atomic E-state index is 5.52. The first-order valence-corrected chi connectivity index (χ1v) is 7.59. The molecule has 2 atom stereocenters. The van der Waals surface area contributed by atoms with Crippen LogP contribution in [-0.2, 0) is 4.74 Å². The number of ether oxygens (including phenoxy) is 1. The summed E-state index contributed by atoms with van der Waals surface area (Å²) in [5.41, 5.74) is 4.23. The van der Waals surface area contributed by atoms with Gasteiger partial charge in [-0.15, -0.1) is 0 Å². The molecule has 1 aliphatic rings. The van der Waals surface area contributed by atoms with E-state index >= 15 is 0 Å². The first kappa shape index (κ1) is 14.5. The molecule has 0 amide bonds. The second-order valence-electron chi connectivity index (χ2n) is 5.83. The van der Waals surface area contributed by atoms with Gasteiger partial charge in [0, 0.05) is 19.3 Å². The largest absolute Gasteiger partial charge is 0.381 e. The van der Waals surface area contributed by atoms with Crippen LogP contribution < -0.4 is 5.32 Å². The third-order valence-electron chi connectivity index (χ3n) is 4.04. The Hall–Kier alpha value is -0.860. The monoisotopic (exact) mass is 261 g/mol. The molecular formula is C17H27NO. The standard InChI is InChI=1S/C17H27NO/c1-4-8-18-17(11-15-7-9-19-12-15)16-10-13(2)5-6-14(16)3/h5-6,10,15,17-18H,4,7-9,11-12H2,1-3H3. The van der Waals surface area contributed by atoms with Gasteiger partial charge in [0.15, 0.2) is 0 Å². The first-order chi connectivity index (χ1) is 9.20. The summed E-state index contributed by atoms with van der Waals surface area (Å²) >= 11 is 0. The number of benzene rings is 1. The van der Waals surface area contributed by atoms with Crippen LogP contribution in [0.25, 0.3) is 0 Å². The van der Waals surface area contributed by atoms with E-state index in [0.29, 0.717) is 12.0 Å². The predicted octanol–water partition coefficient (Wildman–Crippen LogP) is 3.77. The molecule has 1 aromatic rings. The molecule has 2 unspecified atom stereocenters. The van der Waals surface area contributed by atoms with Gasteiger partial charge in [0.05, 0.1) is 0 Å². The van der Waals surface area contributed by atoms with Crippen LogP contribution >= 0.6 is 0 Å². The number of aryl methyl sites for hydroxylation is 2. The van der Waals surface area contributed by atoms with Crippen molar-refractivity contribution in [2.24, 2.45) is 5.92 Å². The highest BCUT2D eigenvalue weighted by Crippen LogP contribution is 2.29. The average molecular weight is 261 g/mol. The van der Waals surface area contributed by atoms with Crippen LogP contribution in [0.15, 0.2) is 18.2 Å². The number of hydrogen-bond donors (Lipinski definition) is 1. The van der Waals surface area contributed by atoms with E-state index < -0.39 is 0 Å². The van der Waals surface area contributed by atoms with Gasteiger partial charge in [-0.1, -0.05) is 30.7 Å². The van der Waals surface area contributed by atoms with E-state index in [1.165, 1.54) is 36.0 Å². The van der Waals surface area contributed by atoms with Crippen molar-refractivity contribution in [2.45, 2.75) is 46.1 Å². The van der Waals surface area contributed by atoms with Crippen molar-refractivity contribution in [1.82, 2.24) is 5.32 Å². The van der Waals surface area contributed by atoms with Crippen LogP contribution in [-0.4, -0.2) is 19.8 Å². The lowest BCUT2D eigenvalue weighted by molar-refractivity contribution is 0.181. The topological polar surface area (TPSA) is 21.3 Å². The fourth-order valence-corrected chi connectivity index (χ4v) is 2.88. The summed E-state index contributed by atoms with van der Waals surface area (Å²) in [4.78, 5) is 0. The van der Waals surface area contributed by atoms with Gasteiger partial charge in [-0.3, -0.25) is 0 Å². The van der Waals surface area contributed by atoms with Crippen LogP contribution in [0.5, 0.6) is 0 Å². The number of rotatable bonds is 6. The molecule has 19 heavy (non-hydrogen) atoms. The molecule has 2 nitrogen and oxygen atoms in total. The second-order valence-corrected chi connectivity index (χ2v) is 5.83. The zero-order valence-corrected chi connectivity index (χ0v) is 12.5. The van der Waals surface area contributed by atoms with E-state index in [1.807, 2.05) is 0 Å². The maximum Gasteiger partial charge on any atom is 0.0495 e. The van der Waals surface area contributed by atoms with Crippen molar-refractivity contribution in [2.75, 3.05) is 19.8 Å². The molecule has 0 spiro atoms. The molecular weight excluding hydrogens is 234 g/mol.